The number of amides is 1. The van der Waals surface area contributed by atoms with Gasteiger partial charge in [-0.3, -0.25) is 4.79 Å². The van der Waals surface area contributed by atoms with Crippen LogP contribution in [0.25, 0.3) is 0 Å². The number of nitrogens with zero attached hydrogens (tertiary/aromatic N) is 2. The second kappa shape index (κ2) is 7.19. The van der Waals surface area contributed by atoms with Gasteiger partial charge in [-0.05, 0) is 24.3 Å². The number of pyridine rings is 1. The van der Waals surface area contributed by atoms with Crippen molar-refractivity contribution in [1.82, 2.24) is 10.3 Å². The number of rotatable bonds is 4. The number of hydrogen-bond acceptors (Lipinski definition) is 4. The normalized spacial score (nSPS) is 14.6. The fourth-order valence-electron chi connectivity index (χ4n) is 2.54. The fraction of sp³-hybridized carbons (Fsp3) is 0.294. The smallest absolute Gasteiger partial charge is 0.251 e. The van der Waals surface area contributed by atoms with Crippen molar-refractivity contribution in [3.63, 3.8) is 0 Å². The van der Waals surface area contributed by atoms with E-state index in [4.69, 9.17) is 4.74 Å². The van der Waals surface area contributed by atoms with Crippen LogP contribution < -0.4 is 10.2 Å². The third-order valence-electron chi connectivity index (χ3n) is 3.70. The third-order valence-corrected chi connectivity index (χ3v) is 3.70. The van der Waals surface area contributed by atoms with Crippen LogP contribution in [-0.4, -0.2) is 37.2 Å². The molecule has 120 valence electrons. The summed E-state index contributed by atoms with van der Waals surface area (Å²) in [6.07, 6.45) is 1.74. The second-order valence-electron chi connectivity index (χ2n) is 5.28. The summed E-state index contributed by atoms with van der Waals surface area (Å²) < 4.78 is 18.5. The maximum atomic E-state index is 13.2. The summed E-state index contributed by atoms with van der Waals surface area (Å²) in [5.41, 5.74) is 1.24. The van der Waals surface area contributed by atoms with Crippen molar-refractivity contribution in [2.75, 3.05) is 31.2 Å². The van der Waals surface area contributed by atoms with Gasteiger partial charge >= 0.3 is 0 Å². The summed E-state index contributed by atoms with van der Waals surface area (Å²) in [4.78, 5) is 18.7. The van der Waals surface area contributed by atoms with Crippen molar-refractivity contribution in [2.24, 2.45) is 0 Å². The molecule has 2 heterocycles. The van der Waals surface area contributed by atoms with E-state index >= 15 is 0 Å². The van der Waals surface area contributed by atoms with Gasteiger partial charge in [0.05, 0.1) is 13.2 Å². The number of hydrogen-bond donors (Lipinski definition) is 1. The Morgan fingerprint density at radius 2 is 2.09 bits per heavy atom. The molecule has 1 fully saturated rings. The van der Waals surface area contributed by atoms with Crippen LogP contribution in [0.4, 0.5) is 10.2 Å². The highest BCUT2D eigenvalue weighted by atomic mass is 19.1. The lowest BCUT2D eigenvalue weighted by atomic mass is 10.2. The van der Waals surface area contributed by atoms with E-state index in [0.717, 1.165) is 24.5 Å². The SMILES string of the molecule is O=C(NCc1cccnc1N1CCOCC1)c1cccc(F)c1. The van der Waals surface area contributed by atoms with Crippen molar-refractivity contribution in [2.45, 2.75) is 6.54 Å². The van der Waals surface area contributed by atoms with Gasteiger partial charge in [0.1, 0.15) is 11.6 Å². The fourth-order valence-corrected chi connectivity index (χ4v) is 2.54. The van der Waals surface area contributed by atoms with Gasteiger partial charge in [0.25, 0.3) is 5.91 Å². The van der Waals surface area contributed by atoms with Crippen molar-refractivity contribution in [3.8, 4) is 0 Å². The molecule has 1 saturated heterocycles. The summed E-state index contributed by atoms with van der Waals surface area (Å²) in [6.45, 7) is 3.25. The third kappa shape index (κ3) is 3.84. The zero-order valence-electron chi connectivity index (χ0n) is 12.7. The largest absolute Gasteiger partial charge is 0.378 e. The predicted octanol–water partition coefficient (Wildman–Crippen LogP) is 1.99. The van der Waals surface area contributed by atoms with Crippen LogP contribution in [0, 0.1) is 5.82 Å². The molecule has 6 heteroatoms. The van der Waals surface area contributed by atoms with Crippen molar-refractivity contribution in [1.29, 1.82) is 0 Å². The van der Waals surface area contributed by atoms with Crippen molar-refractivity contribution in [3.05, 3.63) is 59.5 Å². The zero-order valence-corrected chi connectivity index (χ0v) is 12.7. The molecule has 0 spiro atoms. The first-order valence-electron chi connectivity index (χ1n) is 7.54. The highest BCUT2D eigenvalue weighted by Crippen LogP contribution is 2.18. The Kier molecular flexibility index (Phi) is 4.83. The number of ether oxygens (including phenoxy) is 1. The van der Waals surface area contributed by atoms with E-state index in [1.165, 1.54) is 18.2 Å². The molecule has 5 nitrogen and oxygen atoms in total. The maximum absolute atomic E-state index is 13.2. The molecule has 1 aliphatic heterocycles. The molecule has 2 aromatic rings. The Bertz CT molecular complexity index is 687. The van der Waals surface area contributed by atoms with E-state index in [1.54, 1.807) is 12.3 Å². The summed E-state index contributed by atoms with van der Waals surface area (Å²) in [5.74, 6) is 0.129. The van der Waals surface area contributed by atoms with Gasteiger partial charge in [-0.25, -0.2) is 9.37 Å². The first-order chi connectivity index (χ1) is 11.2. The van der Waals surface area contributed by atoms with Crippen LogP contribution in [0.1, 0.15) is 15.9 Å². The van der Waals surface area contributed by atoms with Gasteiger partial charge in [0.15, 0.2) is 0 Å². The molecule has 1 aromatic carbocycles. The number of morpholine rings is 1. The second-order valence-corrected chi connectivity index (χ2v) is 5.28. The number of carbonyl (C=O) groups is 1. The molecule has 3 rings (SSSR count). The Hall–Kier alpha value is -2.47. The van der Waals surface area contributed by atoms with Crippen LogP contribution in [0.2, 0.25) is 0 Å². The Labute approximate surface area is 134 Å². The van der Waals surface area contributed by atoms with Crippen LogP contribution in [0.15, 0.2) is 42.6 Å². The molecule has 23 heavy (non-hydrogen) atoms. The molecule has 0 unspecified atom stereocenters. The van der Waals surface area contributed by atoms with E-state index in [-0.39, 0.29) is 5.91 Å². The molecule has 1 N–H and O–H groups in total. The minimum Gasteiger partial charge on any atom is -0.378 e. The summed E-state index contributed by atoms with van der Waals surface area (Å²) in [7, 11) is 0. The number of benzene rings is 1. The van der Waals surface area contributed by atoms with Crippen LogP contribution >= 0.6 is 0 Å². The topological polar surface area (TPSA) is 54.5 Å². The summed E-state index contributed by atoms with van der Waals surface area (Å²) in [5, 5.41) is 2.82. The minimum absolute atomic E-state index is 0.304. The number of nitrogens with one attached hydrogen (secondary N) is 1. The van der Waals surface area contributed by atoms with Gasteiger partial charge in [0, 0.05) is 37.0 Å². The standard InChI is InChI=1S/C17H18FN3O2/c18-15-5-1-3-13(11-15)17(22)20-12-14-4-2-6-19-16(14)21-7-9-23-10-8-21/h1-6,11H,7-10,12H2,(H,20,22). The lowest BCUT2D eigenvalue weighted by molar-refractivity contribution is 0.0950. The van der Waals surface area contributed by atoms with Crippen LogP contribution in [-0.2, 0) is 11.3 Å². The van der Waals surface area contributed by atoms with E-state index in [1.807, 2.05) is 12.1 Å². The molecular weight excluding hydrogens is 297 g/mol. The maximum Gasteiger partial charge on any atom is 0.251 e. The lowest BCUT2D eigenvalue weighted by Crippen LogP contribution is -2.37. The van der Waals surface area contributed by atoms with Crippen LogP contribution in [0.3, 0.4) is 0 Å². The molecule has 0 saturated carbocycles. The zero-order chi connectivity index (χ0) is 16.1. The molecule has 0 bridgehead atoms. The van der Waals surface area contributed by atoms with E-state index in [0.29, 0.717) is 25.3 Å². The van der Waals surface area contributed by atoms with Gasteiger partial charge < -0.3 is 15.0 Å². The molecule has 0 atom stereocenters. The quantitative estimate of drug-likeness (QED) is 0.937. The summed E-state index contributed by atoms with van der Waals surface area (Å²) >= 11 is 0. The van der Waals surface area contributed by atoms with E-state index in [2.05, 4.69) is 15.2 Å². The predicted molar refractivity (Wildman–Crippen MR) is 84.8 cm³/mol. The van der Waals surface area contributed by atoms with Gasteiger partial charge in [0.2, 0.25) is 0 Å². The molecule has 1 amide bonds. The number of anilines is 1. The first-order valence-corrected chi connectivity index (χ1v) is 7.54. The number of halogens is 1. The summed E-state index contributed by atoms with van der Waals surface area (Å²) in [6, 6.07) is 9.42. The molecule has 1 aliphatic rings. The molecular formula is C17H18FN3O2. The monoisotopic (exact) mass is 315 g/mol. The molecule has 0 radical (unpaired) electrons. The van der Waals surface area contributed by atoms with Crippen LogP contribution in [0.5, 0.6) is 0 Å². The van der Waals surface area contributed by atoms with Crippen molar-refractivity contribution >= 4 is 11.7 Å². The minimum atomic E-state index is -0.423. The van der Waals surface area contributed by atoms with E-state index < -0.39 is 5.82 Å². The van der Waals surface area contributed by atoms with Gasteiger partial charge in [-0.1, -0.05) is 12.1 Å². The number of aromatic nitrogens is 1. The highest BCUT2D eigenvalue weighted by Gasteiger charge is 2.16. The first kappa shape index (κ1) is 15.4. The Morgan fingerprint density at radius 3 is 2.87 bits per heavy atom. The number of carbonyl (C=O) groups excluding carboxylic acids is 1. The Balaban J connectivity index is 1.69. The van der Waals surface area contributed by atoms with E-state index in [9.17, 15) is 9.18 Å². The highest BCUT2D eigenvalue weighted by molar-refractivity contribution is 5.94. The van der Waals surface area contributed by atoms with Crippen molar-refractivity contribution < 1.29 is 13.9 Å². The molecule has 0 aliphatic carbocycles. The Morgan fingerprint density at radius 1 is 1.26 bits per heavy atom. The molecule has 1 aromatic heterocycles. The lowest BCUT2D eigenvalue weighted by Gasteiger charge is -2.29. The average molecular weight is 315 g/mol. The van der Waals surface area contributed by atoms with Gasteiger partial charge in [-0.15, -0.1) is 0 Å². The van der Waals surface area contributed by atoms with Gasteiger partial charge in [-0.2, -0.15) is 0 Å². The average Bonchev–Trinajstić information content (AvgIpc) is 2.60.